The third-order valence-electron chi connectivity index (χ3n) is 4.41. The normalized spacial score (nSPS) is 32.7. The van der Waals surface area contributed by atoms with Gasteiger partial charge in [0.2, 0.25) is 5.91 Å². The zero-order valence-corrected chi connectivity index (χ0v) is 12.2. The summed E-state index contributed by atoms with van der Waals surface area (Å²) in [4.78, 5) is 14.4. The standard InChI is InChI=1S/C12H21N3O.2ClH/c13-12(5-6-12)11(16)14-9-4-8-15-7-2-1-3-10(9)15;;/h9-10H,1-8,13H2,(H,14,16);2*1H. The Hall–Kier alpha value is -0.0300. The van der Waals surface area contributed by atoms with Crippen molar-refractivity contribution in [3.8, 4) is 0 Å². The molecular weight excluding hydrogens is 273 g/mol. The lowest BCUT2D eigenvalue weighted by atomic mass is 9.99. The van der Waals surface area contributed by atoms with Crippen molar-refractivity contribution in [1.82, 2.24) is 10.2 Å². The van der Waals surface area contributed by atoms with Crippen LogP contribution in [0, 0.1) is 0 Å². The van der Waals surface area contributed by atoms with Gasteiger partial charge in [-0.25, -0.2) is 0 Å². The fraction of sp³-hybridized carbons (Fsp3) is 0.917. The highest BCUT2D eigenvalue weighted by molar-refractivity contribution is 5.89. The molecule has 2 aliphatic heterocycles. The van der Waals surface area contributed by atoms with E-state index in [2.05, 4.69) is 10.2 Å². The van der Waals surface area contributed by atoms with Crippen LogP contribution in [0.15, 0.2) is 0 Å². The second-order valence-corrected chi connectivity index (χ2v) is 5.62. The predicted molar refractivity (Wildman–Crippen MR) is 76.4 cm³/mol. The predicted octanol–water partition coefficient (Wildman–Crippen LogP) is 1.06. The molecule has 1 saturated carbocycles. The van der Waals surface area contributed by atoms with Crippen LogP contribution in [-0.4, -0.2) is 41.5 Å². The van der Waals surface area contributed by atoms with E-state index >= 15 is 0 Å². The molecule has 4 nitrogen and oxygen atoms in total. The zero-order valence-electron chi connectivity index (χ0n) is 10.6. The number of carbonyl (C=O) groups excluding carboxylic acids is 1. The second kappa shape index (κ2) is 5.95. The van der Waals surface area contributed by atoms with Crippen LogP contribution in [0.4, 0.5) is 0 Å². The van der Waals surface area contributed by atoms with E-state index in [1.165, 1.54) is 25.8 Å². The van der Waals surface area contributed by atoms with Gasteiger partial charge >= 0.3 is 0 Å². The molecule has 3 aliphatic rings. The molecule has 3 N–H and O–H groups in total. The summed E-state index contributed by atoms with van der Waals surface area (Å²) >= 11 is 0. The molecule has 0 aromatic rings. The lowest BCUT2D eigenvalue weighted by Crippen LogP contribution is -2.52. The summed E-state index contributed by atoms with van der Waals surface area (Å²) in [5, 5.41) is 3.17. The monoisotopic (exact) mass is 295 g/mol. The van der Waals surface area contributed by atoms with E-state index < -0.39 is 5.54 Å². The number of nitrogens with one attached hydrogen (secondary N) is 1. The zero-order chi connectivity index (χ0) is 11.2. The van der Waals surface area contributed by atoms with Crippen molar-refractivity contribution < 1.29 is 4.79 Å². The molecule has 2 unspecified atom stereocenters. The summed E-state index contributed by atoms with van der Waals surface area (Å²) in [6, 6.07) is 0.939. The number of amides is 1. The Balaban J connectivity index is 0.000000810. The van der Waals surface area contributed by atoms with Crippen molar-refractivity contribution in [3.63, 3.8) is 0 Å². The van der Waals surface area contributed by atoms with Gasteiger partial charge in [0.1, 0.15) is 0 Å². The van der Waals surface area contributed by atoms with Crippen molar-refractivity contribution in [3.05, 3.63) is 0 Å². The average Bonchev–Trinajstić information content (AvgIpc) is 2.92. The number of hydrogen-bond donors (Lipinski definition) is 2. The Bertz CT molecular complexity index is 310. The van der Waals surface area contributed by atoms with Gasteiger partial charge in [-0.05, 0) is 38.6 Å². The molecule has 2 atom stereocenters. The summed E-state index contributed by atoms with van der Waals surface area (Å²) in [5.74, 6) is 0.0879. The van der Waals surface area contributed by atoms with Crippen molar-refractivity contribution in [2.75, 3.05) is 13.1 Å². The molecule has 6 heteroatoms. The highest BCUT2D eigenvalue weighted by atomic mass is 35.5. The first-order chi connectivity index (χ1) is 7.69. The minimum atomic E-state index is -0.512. The number of halogens is 2. The van der Waals surface area contributed by atoms with Gasteiger partial charge in [0.25, 0.3) is 0 Å². The SMILES string of the molecule is Cl.Cl.NC1(C(=O)NC2CCN3CCCCC23)CC1. The van der Waals surface area contributed by atoms with Gasteiger partial charge in [0.15, 0.2) is 0 Å². The van der Waals surface area contributed by atoms with Crippen LogP contribution < -0.4 is 11.1 Å². The van der Waals surface area contributed by atoms with E-state index in [0.29, 0.717) is 12.1 Å². The van der Waals surface area contributed by atoms with Crippen LogP contribution in [0.25, 0.3) is 0 Å². The molecule has 0 bridgehead atoms. The Morgan fingerprint density at radius 3 is 2.56 bits per heavy atom. The second-order valence-electron chi connectivity index (χ2n) is 5.62. The topological polar surface area (TPSA) is 58.4 Å². The first-order valence-electron chi connectivity index (χ1n) is 6.53. The Morgan fingerprint density at radius 1 is 1.17 bits per heavy atom. The Labute approximate surface area is 121 Å². The smallest absolute Gasteiger partial charge is 0.240 e. The highest BCUT2D eigenvalue weighted by Gasteiger charge is 2.47. The molecule has 0 aromatic carbocycles. The van der Waals surface area contributed by atoms with E-state index in [-0.39, 0.29) is 30.7 Å². The van der Waals surface area contributed by atoms with Crippen LogP contribution in [0.3, 0.4) is 0 Å². The van der Waals surface area contributed by atoms with Crippen LogP contribution in [0.1, 0.15) is 38.5 Å². The summed E-state index contributed by atoms with van der Waals surface area (Å²) in [7, 11) is 0. The van der Waals surface area contributed by atoms with Crippen molar-refractivity contribution in [2.24, 2.45) is 5.73 Å². The molecule has 1 amide bonds. The molecule has 1 aliphatic carbocycles. The molecule has 0 spiro atoms. The van der Waals surface area contributed by atoms with Gasteiger partial charge in [-0.3, -0.25) is 9.69 Å². The number of piperidine rings is 1. The maximum absolute atomic E-state index is 11.9. The minimum Gasteiger partial charge on any atom is -0.350 e. The molecule has 0 aromatic heterocycles. The molecule has 0 radical (unpaired) electrons. The molecular formula is C12H23Cl2N3O. The molecule has 2 saturated heterocycles. The van der Waals surface area contributed by atoms with Crippen molar-refractivity contribution in [2.45, 2.75) is 56.1 Å². The number of nitrogens with zero attached hydrogens (tertiary/aromatic N) is 1. The minimum absolute atomic E-state index is 0. The lowest BCUT2D eigenvalue weighted by Gasteiger charge is -2.32. The first-order valence-corrected chi connectivity index (χ1v) is 6.53. The molecule has 106 valence electrons. The third kappa shape index (κ3) is 2.93. The van der Waals surface area contributed by atoms with Gasteiger partial charge in [-0.15, -0.1) is 24.8 Å². The van der Waals surface area contributed by atoms with Crippen molar-refractivity contribution >= 4 is 30.7 Å². The van der Waals surface area contributed by atoms with E-state index in [1.807, 2.05) is 0 Å². The molecule has 3 fully saturated rings. The third-order valence-corrected chi connectivity index (χ3v) is 4.41. The van der Waals surface area contributed by atoms with Gasteiger partial charge < -0.3 is 11.1 Å². The Kier molecular flexibility index (Phi) is 5.30. The van der Waals surface area contributed by atoms with Crippen LogP contribution in [0.2, 0.25) is 0 Å². The summed E-state index contributed by atoms with van der Waals surface area (Å²) in [5.41, 5.74) is 5.40. The number of rotatable bonds is 2. The maximum Gasteiger partial charge on any atom is 0.240 e. The Morgan fingerprint density at radius 2 is 1.89 bits per heavy atom. The van der Waals surface area contributed by atoms with E-state index in [9.17, 15) is 4.79 Å². The van der Waals surface area contributed by atoms with Gasteiger partial charge in [-0.1, -0.05) is 6.42 Å². The number of fused-ring (bicyclic) bond motifs is 1. The van der Waals surface area contributed by atoms with Gasteiger partial charge in [0, 0.05) is 18.6 Å². The summed E-state index contributed by atoms with van der Waals surface area (Å²) in [6.45, 7) is 2.36. The average molecular weight is 296 g/mol. The molecule has 3 rings (SSSR count). The van der Waals surface area contributed by atoms with E-state index in [0.717, 1.165) is 25.8 Å². The lowest BCUT2D eigenvalue weighted by molar-refractivity contribution is -0.124. The van der Waals surface area contributed by atoms with Crippen molar-refractivity contribution in [1.29, 1.82) is 0 Å². The number of hydrogen-bond acceptors (Lipinski definition) is 3. The quantitative estimate of drug-likeness (QED) is 0.801. The molecule has 2 heterocycles. The van der Waals surface area contributed by atoms with Gasteiger partial charge in [-0.2, -0.15) is 0 Å². The van der Waals surface area contributed by atoms with Gasteiger partial charge in [0.05, 0.1) is 5.54 Å². The van der Waals surface area contributed by atoms with E-state index in [1.54, 1.807) is 0 Å². The largest absolute Gasteiger partial charge is 0.350 e. The number of nitrogens with two attached hydrogens (primary N) is 1. The number of carbonyl (C=O) groups is 1. The fourth-order valence-corrected chi connectivity index (χ4v) is 3.09. The van der Waals surface area contributed by atoms with Crippen LogP contribution in [-0.2, 0) is 4.79 Å². The van der Waals surface area contributed by atoms with Crippen LogP contribution in [0.5, 0.6) is 0 Å². The fourth-order valence-electron chi connectivity index (χ4n) is 3.09. The maximum atomic E-state index is 11.9. The summed E-state index contributed by atoms with van der Waals surface area (Å²) in [6.07, 6.45) is 6.69. The first kappa shape index (κ1) is 16.0. The summed E-state index contributed by atoms with van der Waals surface area (Å²) < 4.78 is 0. The van der Waals surface area contributed by atoms with E-state index in [4.69, 9.17) is 5.73 Å². The highest BCUT2D eigenvalue weighted by Crippen LogP contribution is 2.33. The van der Waals surface area contributed by atoms with Crippen LogP contribution >= 0.6 is 24.8 Å². The molecule has 18 heavy (non-hydrogen) atoms.